The second-order valence-electron chi connectivity index (χ2n) is 7.29. The highest BCUT2D eigenvalue weighted by Crippen LogP contribution is 2.30. The number of hydrogen-bond acceptors (Lipinski definition) is 3. The largest absolute Gasteiger partial charge is 0.383 e. The van der Waals surface area contributed by atoms with Crippen molar-refractivity contribution in [3.05, 3.63) is 63.8 Å². The lowest BCUT2D eigenvalue weighted by molar-refractivity contribution is 0.0937. The van der Waals surface area contributed by atoms with Crippen LogP contribution in [0.1, 0.15) is 38.3 Å². The Morgan fingerprint density at radius 1 is 1.11 bits per heavy atom. The van der Waals surface area contributed by atoms with Gasteiger partial charge in [0.1, 0.15) is 0 Å². The Labute approximate surface area is 166 Å². The SMILES string of the molecule is COCCNC(=O)c1cc(NCc2c(C)cccc2C)c2[nH]c(C)c(C)c2c1. The zero-order valence-electron chi connectivity index (χ0n) is 17.3. The minimum absolute atomic E-state index is 0.0904. The van der Waals surface area contributed by atoms with E-state index < -0.39 is 0 Å². The van der Waals surface area contributed by atoms with Gasteiger partial charge in [-0.1, -0.05) is 18.2 Å². The van der Waals surface area contributed by atoms with Gasteiger partial charge in [0.15, 0.2) is 0 Å². The van der Waals surface area contributed by atoms with Crippen molar-refractivity contribution in [3.63, 3.8) is 0 Å². The first-order valence-electron chi connectivity index (χ1n) is 9.61. The van der Waals surface area contributed by atoms with Gasteiger partial charge in [0, 0.05) is 36.8 Å². The van der Waals surface area contributed by atoms with Crippen LogP contribution in [0.5, 0.6) is 0 Å². The van der Waals surface area contributed by atoms with E-state index in [0.29, 0.717) is 25.3 Å². The average molecular weight is 380 g/mol. The van der Waals surface area contributed by atoms with Gasteiger partial charge in [0.05, 0.1) is 17.8 Å². The van der Waals surface area contributed by atoms with Gasteiger partial charge in [-0.05, 0) is 62.1 Å². The van der Waals surface area contributed by atoms with E-state index in [-0.39, 0.29) is 5.91 Å². The van der Waals surface area contributed by atoms with Crippen LogP contribution in [0.4, 0.5) is 5.69 Å². The van der Waals surface area contributed by atoms with E-state index in [1.54, 1.807) is 7.11 Å². The summed E-state index contributed by atoms with van der Waals surface area (Å²) < 4.78 is 5.02. The Hall–Kier alpha value is -2.79. The highest BCUT2D eigenvalue weighted by atomic mass is 16.5. The van der Waals surface area contributed by atoms with E-state index in [1.165, 1.54) is 16.7 Å². The van der Waals surface area contributed by atoms with Crippen molar-refractivity contribution in [2.75, 3.05) is 25.6 Å². The van der Waals surface area contributed by atoms with Crippen LogP contribution in [0.25, 0.3) is 10.9 Å². The maximum Gasteiger partial charge on any atom is 0.251 e. The monoisotopic (exact) mass is 379 g/mol. The molecule has 0 radical (unpaired) electrons. The summed E-state index contributed by atoms with van der Waals surface area (Å²) in [5, 5.41) is 7.53. The quantitative estimate of drug-likeness (QED) is 0.534. The van der Waals surface area contributed by atoms with Crippen molar-refractivity contribution in [2.24, 2.45) is 0 Å². The molecule has 5 nitrogen and oxygen atoms in total. The molecule has 3 aromatic rings. The Bertz CT molecular complexity index is 984. The van der Waals surface area contributed by atoms with Gasteiger partial charge >= 0.3 is 0 Å². The number of ether oxygens (including phenoxy) is 1. The van der Waals surface area contributed by atoms with E-state index in [0.717, 1.165) is 27.8 Å². The highest BCUT2D eigenvalue weighted by molar-refractivity contribution is 6.03. The number of methoxy groups -OCH3 is 1. The summed E-state index contributed by atoms with van der Waals surface area (Å²) in [4.78, 5) is 16.1. The summed E-state index contributed by atoms with van der Waals surface area (Å²) in [5.41, 5.74) is 8.70. The molecule has 3 N–H and O–H groups in total. The third-order valence-electron chi connectivity index (χ3n) is 5.37. The lowest BCUT2D eigenvalue weighted by Gasteiger charge is -2.14. The number of rotatable bonds is 7. The van der Waals surface area contributed by atoms with Crippen LogP contribution in [-0.2, 0) is 11.3 Å². The highest BCUT2D eigenvalue weighted by Gasteiger charge is 2.15. The molecule has 0 spiro atoms. The van der Waals surface area contributed by atoms with Gasteiger partial charge in [0.25, 0.3) is 5.91 Å². The fourth-order valence-corrected chi connectivity index (χ4v) is 3.51. The van der Waals surface area contributed by atoms with Crippen LogP contribution in [0.15, 0.2) is 30.3 Å². The number of aromatic nitrogens is 1. The van der Waals surface area contributed by atoms with E-state index >= 15 is 0 Å². The molecule has 2 aromatic carbocycles. The number of H-pyrrole nitrogens is 1. The number of benzene rings is 2. The molecule has 0 unspecified atom stereocenters. The number of anilines is 1. The molecule has 0 atom stereocenters. The lowest BCUT2D eigenvalue weighted by Crippen LogP contribution is -2.27. The molecule has 0 aliphatic carbocycles. The van der Waals surface area contributed by atoms with E-state index in [1.807, 2.05) is 12.1 Å². The van der Waals surface area contributed by atoms with Gasteiger partial charge in [-0.25, -0.2) is 0 Å². The molecule has 0 fully saturated rings. The average Bonchev–Trinajstić information content (AvgIpc) is 2.96. The maximum absolute atomic E-state index is 12.6. The van der Waals surface area contributed by atoms with Crippen LogP contribution in [0, 0.1) is 27.7 Å². The number of amides is 1. The number of nitrogens with one attached hydrogen (secondary N) is 3. The second kappa shape index (κ2) is 8.48. The number of hydrogen-bond donors (Lipinski definition) is 3. The predicted molar refractivity (Wildman–Crippen MR) is 115 cm³/mol. The zero-order chi connectivity index (χ0) is 20.3. The first-order valence-corrected chi connectivity index (χ1v) is 9.61. The molecule has 0 saturated carbocycles. The lowest BCUT2D eigenvalue weighted by atomic mass is 10.0. The summed E-state index contributed by atoms with van der Waals surface area (Å²) in [6, 6.07) is 10.2. The minimum atomic E-state index is -0.0904. The van der Waals surface area contributed by atoms with Crippen LogP contribution >= 0.6 is 0 Å². The molecule has 3 rings (SSSR count). The molecule has 0 aliphatic rings. The summed E-state index contributed by atoms with van der Waals surface area (Å²) >= 11 is 0. The first-order chi connectivity index (χ1) is 13.4. The van der Waals surface area contributed by atoms with Crippen molar-refractivity contribution in [3.8, 4) is 0 Å². The second-order valence-corrected chi connectivity index (χ2v) is 7.29. The van der Waals surface area contributed by atoms with E-state index in [9.17, 15) is 4.79 Å². The third kappa shape index (κ3) is 4.04. The van der Waals surface area contributed by atoms with Crippen molar-refractivity contribution < 1.29 is 9.53 Å². The standard InChI is InChI=1S/C23H29N3O2/c1-14-7-6-8-15(2)20(14)13-25-21-12-18(23(27)24-9-10-28-5)11-19-16(3)17(4)26-22(19)21/h6-8,11-12,25-26H,9-10,13H2,1-5H3,(H,24,27). The smallest absolute Gasteiger partial charge is 0.251 e. The molecule has 28 heavy (non-hydrogen) atoms. The number of aryl methyl sites for hydroxylation is 4. The van der Waals surface area contributed by atoms with Crippen LogP contribution < -0.4 is 10.6 Å². The summed E-state index contributed by atoms with van der Waals surface area (Å²) in [6.45, 7) is 10.1. The summed E-state index contributed by atoms with van der Waals surface area (Å²) in [6.07, 6.45) is 0. The molecule has 5 heteroatoms. The molecular formula is C23H29N3O2. The third-order valence-corrected chi connectivity index (χ3v) is 5.37. The van der Waals surface area contributed by atoms with Gasteiger partial charge in [0.2, 0.25) is 0 Å². The fourth-order valence-electron chi connectivity index (χ4n) is 3.51. The van der Waals surface area contributed by atoms with E-state index in [4.69, 9.17) is 4.74 Å². The fraction of sp³-hybridized carbons (Fsp3) is 0.348. The molecule has 0 saturated heterocycles. The summed E-state index contributed by atoms with van der Waals surface area (Å²) in [5.74, 6) is -0.0904. The number of carbonyl (C=O) groups is 1. The van der Waals surface area contributed by atoms with Crippen molar-refractivity contribution in [2.45, 2.75) is 34.2 Å². The molecule has 1 heterocycles. The van der Waals surface area contributed by atoms with Gasteiger partial charge < -0.3 is 20.4 Å². The molecule has 1 amide bonds. The number of aromatic amines is 1. The normalized spacial score (nSPS) is 11.0. The van der Waals surface area contributed by atoms with Crippen LogP contribution in [-0.4, -0.2) is 31.2 Å². The Balaban J connectivity index is 1.95. The summed E-state index contributed by atoms with van der Waals surface area (Å²) in [7, 11) is 1.62. The topological polar surface area (TPSA) is 66.2 Å². The zero-order valence-corrected chi connectivity index (χ0v) is 17.3. The van der Waals surface area contributed by atoms with E-state index in [2.05, 4.69) is 61.5 Å². The molecular weight excluding hydrogens is 350 g/mol. The number of carbonyl (C=O) groups excluding carboxylic acids is 1. The molecule has 1 aromatic heterocycles. The predicted octanol–water partition coefficient (Wildman–Crippen LogP) is 4.39. The van der Waals surface area contributed by atoms with Crippen molar-refractivity contribution in [1.82, 2.24) is 10.3 Å². The Morgan fingerprint density at radius 2 is 1.82 bits per heavy atom. The molecule has 0 bridgehead atoms. The Kier molecular flexibility index (Phi) is 6.05. The maximum atomic E-state index is 12.6. The van der Waals surface area contributed by atoms with Crippen LogP contribution in [0.2, 0.25) is 0 Å². The first kappa shape index (κ1) is 20.0. The molecule has 148 valence electrons. The minimum Gasteiger partial charge on any atom is -0.383 e. The van der Waals surface area contributed by atoms with Crippen molar-refractivity contribution in [1.29, 1.82) is 0 Å². The van der Waals surface area contributed by atoms with Gasteiger partial charge in [-0.3, -0.25) is 4.79 Å². The van der Waals surface area contributed by atoms with Gasteiger partial charge in [-0.15, -0.1) is 0 Å². The van der Waals surface area contributed by atoms with Crippen molar-refractivity contribution >= 4 is 22.5 Å². The Morgan fingerprint density at radius 3 is 2.50 bits per heavy atom. The number of fused-ring (bicyclic) bond motifs is 1. The van der Waals surface area contributed by atoms with Crippen LogP contribution in [0.3, 0.4) is 0 Å². The van der Waals surface area contributed by atoms with Gasteiger partial charge in [-0.2, -0.15) is 0 Å². The molecule has 0 aliphatic heterocycles.